The van der Waals surface area contributed by atoms with Crippen LogP contribution < -0.4 is 0 Å². The number of ether oxygens (including phenoxy) is 2. The van der Waals surface area contributed by atoms with E-state index in [4.69, 9.17) is 23.2 Å². The van der Waals surface area contributed by atoms with Gasteiger partial charge in [0.05, 0.1) is 20.6 Å². The summed E-state index contributed by atoms with van der Waals surface area (Å²) in [7, 11) is 2.29. The number of hydrogen-bond acceptors (Lipinski definition) is 4. The van der Waals surface area contributed by atoms with Crippen LogP contribution in [0.15, 0.2) is 0 Å². The fraction of sp³-hybridized carbons (Fsp3) is 0.667. The maximum Gasteiger partial charge on any atom is 0.342 e. The van der Waals surface area contributed by atoms with E-state index in [0.717, 1.165) is 7.11 Å². The minimum absolute atomic E-state index is 0.431. The minimum Gasteiger partial charge on any atom is -0.469 e. The standard InChI is InChI=1S/C6H8Cl2O4/c1-11-4(9)3-6(7,8)5(10)12-2/h3H2,1-2H3. The van der Waals surface area contributed by atoms with Crippen molar-refractivity contribution in [2.75, 3.05) is 14.2 Å². The van der Waals surface area contributed by atoms with Crippen LogP contribution in [0.5, 0.6) is 0 Å². The fourth-order valence-corrected chi connectivity index (χ4v) is 0.847. The fourth-order valence-electron chi connectivity index (χ4n) is 0.475. The van der Waals surface area contributed by atoms with E-state index >= 15 is 0 Å². The van der Waals surface area contributed by atoms with Gasteiger partial charge in [0.1, 0.15) is 0 Å². The van der Waals surface area contributed by atoms with Crippen LogP contribution >= 0.6 is 23.2 Å². The van der Waals surface area contributed by atoms with Gasteiger partial charge in [-0.05, 0) is 0 Å². The van der Waals surface area contributed by atoms with E-state index in [-0.39, 0.29) is 0 Å². The van der Waals surface area contributed by atoms with Crippen LogP contribution in [0.2, 0.25) is 0 Å². The molecule has 6 heteroatoms. The third kappa shape index (κ3) is 3.28. The van der Waals surface area contributed by atoms with Crippen LogP contribution in [0.3, 0.4) is 0 Å². The Balaban J connectivity index is 4.21. The predicted octanol–water partition coefficient (Wildman–Crippen LogP) is 0.896. The van der Waals surface area contributed by atoms with Gasteiger partial charge in [-0.25, -0.2) is 4.79 Å². The van der Waals surface area contributed by atoms with Crippen LogP contribution in [0, 0.1) is 0 Å². The number of rotatable bonds is 3. The summed E-state index contributed by atoms with van der Waals surface area (Å²) < 4.78 is 6.66. The zero-order valence-electron chi connectivity index (χ0n) is 6.60. The Morgan fingerprint density at radius 2 is 1.75 bits per heavy atom. The zero-order valence-corrected chi connectivity index (χ0v) is 8.11. The molecule has 0 unspecified atom stereocenters. The molecule has 0 bridgehead atoms. The van der Waals surface area contributed by atoms with Crippen molar-refractivity contribution in [3.63, 3.8) is 0 Å². The second-order valence-corrected chi connectivity index (χ2v) is 3.43. The molecule has 0 saturated carbocycles. The summed E-state index contributed by atoms with van der Waals surface area (Å²) in [6.45, 7) is 0. The normalized spacial score (nSPS) is 10.7. The molecule has 0 aliphatic rings. The van der Waals surface area contributed by atoms with Crippen LogP contribution in [0.25, 0.3) is 0 Å². The van der Waals surface area contributed by atoms with Crippen molar-refractivity contribution in [1.29, 1.82) is 0 Å². The summed E-state index contributed by atoms with van der Waals surface area (Å²) in [5.74, 6) is -1.55. The molecule has 0 radical (unpaired) electrons. The summed E-state index contributed by atoms with van der Waals surface area (Å²) in [4.78, 5) is 21.4. The highest BCUT2D eigenvalue weighted by molar-refractivity contribution is 6.58. The molecular formula is C6H8Cl2O4. The van der Waals surface area contributed by atoms with Gasteiger partial charge >= 0.3 is 11.9 Å². The molecule has 0 aromatic heterocycles. The lowest BCUT2D eigenvalue weighted by molar-refractivity contribution is -0.147. The Morgan fingerprint density at radius 3 is 2.08 bits per heavy atom. The van der Waals surface area contributed by atoms with Gasteiger partial charge in [0, 0.05) is 0 Å². The molecule has 0 atom stereocenters. The molecule has 0 aromatic rings. The molecular weight excluding hydrogens is 207 g/mol. The first kappa shape index (κ1) is 11.5. The number of hydrogen-bond donors (Lipinski definition) is 0. The van der Waals surface area contributed by atoms with E-state index in [1.807, 2.05) is 0 Å². The SMILES string of the molecule is COC(=O)CC(Cl)(Cl)C(=O)OC. The predicted molar refractivity (Wildman–Crippen MR) is 43.1 cm³/mol. The van der Waals surface area contributed by atoms with Crippen molar-refractivity contribution in [2.45, 2.75) is 10.8 Å². The number of methoxy groups -OCH3 is 2. The molecule has 12 heavy (non-hydrogen) atoms. The molecule has 0 N–H and O–H groups in total. The molecule has 0 heterocycles. The average molecular weight is 215 g/mol. The van der Waals surface area contributed by atoms with Crippen LogP contribution in [0.4, 0.5) is 0 Å². The highest BCUT2D eigenvalue weighted by Crippen LogP contribution is 2.26. The van der Waals surface area contributed by atoms with E-state index < -0.39 is 22.7 Å². The number of halogens is 2. The number of carbonyl (C=O) groups excluding carboxylic acids is 2. The van der Waals surface area contributed by atoms with Crippen molar-refractivity contribution >= 4 is 35.1 Å². The molecule has 4 nitrogen and oxygen atoms in total. The highest BCUT2D eigenvalue weighted by atomic mass is 35.5. The molecule has 0 aromatic carbocycles. The van der Waals surface area contributed by atoms with Crippen LogP contribution in [-0.4, -0.2) is 30.5 Å². The molecule has 0 fully saturated rings. The smallest absolute Gasteiger partial charge is 0.342 e. The summed E-state index contributed by atoms with van der Waals surface area (Å²) in [5, 5.41) is 0. The van der Waals surface area contributed by atoms with E-state index in [1.54, 1.807) is 0 Å². The van der Waals surface area contributed by atoms with Crippen molar-refractivity contribution < 1.29 is 19.1 Å². The van der Waals surface area contributed by atoms with Crippen molar-refractivity contribution in [3.05, 3.63) is 0 Å². The van der Waals surface area contributed by atoms with E-state index in [0.29, 0.717) is 0 Å². The third-order valence-corrected chi connectivity index (χ3v) is 1.65. The summed E-state index contributed by atoms with van der Waals surface area (Å²) in [6.07, 6.45) is -0.431. The topological polar surface area (TPSA) is 52.6 Å². The zero-order chi connectivity index (χ0) is 9.78. The van der Waals surface area contributed by atoms with Gasteiger partial charge in [-0.2, -0.15) is 0 Å². The lowest BCUT2D eigenvalue weighted by atomic mass is 10.3. The maximum absolute atomic E-state index is 10.8. The lowest BCUT2D eigenvalue weighted by Gasteiger charge is -2.14. The third-order valence-electron chi connectivity index (χ3n) is 1.08. The molecule has 0 saturated heterocycles. The van der Waals surface area contributed by atoms with Gasteiger partial charge in [0.2, 0.25) is 4.33 Å². The van der Waals surface area contributed by atoms with Gasteiger partial charge in [-0.3, -0.25) is 4.79 Å². The monoisotopic (exact) mass is 214 g/mol. The molecule has 0 amide bonds. The van der Waals surface area contributed by atoms with Crippen molar-refractivity contribution in [1.82, 2.24) is 0 Å². The highest BCUT2D eigenvalue weighted by Gasteiger charge is 2.37. The number of esters is 2. The average Bonchev–Trinajstić information content (AvgIpc) is 2.02. The first-order valence-corrected chi connectivity index (χ1v) is 3.72. The van der Waals surface area contributed by atoms with Gasteiger partial charge < -0.3 is 9.47 Å². The second-order valence-electron chi connectivity index (χ2n) is 1.95. The van der Waals surface area contributed by atoms with Gasteiger partial charge in [-0.15, -0.1) is 0 Å². The van der Waals surface area contributed by atoms with Crippen molar-refractivity contribution in [3.8, 4) is 0 Å². The lowest BCUT2D eigenvalue weighted by Crippen LogP contribution is -2.30. The minimum atomic E-state index is -1.86. The quantitative estimate of drug-likeness (QED) is 0.518. The van der Waals surface area contributed by atoms with E-state index in [1.165, 1.54) is 7.11 Å². The molecule has 0 spiro atoms. The Hall–Kier alpha value is -0.480. The van der Waals surface area contributed by atoms with E-state index in [2.05, 4.69) is 9.47 Å². The molecule has 70 valence electrons. The van der Waals surface area contributed by atoms with Gasteiger partial charge in [0.15, 0.2) is 0 Å². The summed E-state index contributed by atoms with van der Waals surface area (Å²) in [6, 6.07) is 0. The van der Waals surface area contributed by atoms with Gasteiger partial charge in [-0.1, -0.05) is 23.2 Å². The maximum atomic E-state index is 10.8. The summed E-state index contributed by atoms with van der Waals surface area (Å²) >= 11 is 10.9. The van der Waals surface area contributed by atoms with Crippen molar-refractivity contribution in [2.24, 2.45) is 0 Å². The largest absolute Gasteiger partial charge is 0.469 e. The second kappa shape index (κ2) is 4.52. The number of alkyl halides is 2. The van der Waals surface area contributed by atoms with Gasteiger partial charge in [0.25, 0.3) is 0 Å². The first-order chi connectivity index (χ1) is 5.44. The Labute approximate surface area is 79.7 Å². The molecule has 0 rings (SSSR count). The molecule has 0 aliphatic heterocycles. The van der Waals surface area contributed by atoms with E-state index in [9.17, 15) is 9.59 Å². The Kier molecular flexibility index (Phi) is 4.34. The Morgan fingerprint density at radius 1 is 1.25 bits per heavy atom. The molecule has 0 aliphatic carbocycles. The first-order valence-electron chi connectivity index (χ1n) is 2.97. The Bertz CT molecular complexity index is 190. The number of carbonyl (C=O) groups is 2. The summed E-state index contributed by atoms with van der Waals surface area (Å²) in [5.41, 5.74) is 0. The van der Waals surface area contributed by atoms with Crippen LogP contribution in [-0.2, 0) is 19.1 Å². The van der Waals surface area contributed by atoms with Crippen LogP contribution in [0.1, 0.15) is 6.42 Å².